The minimum absolute atomic E-state index is 0.0502. The molecule has 0 saturated carbocycles. The Labute approximate surface area is 179 Å². The zero-order valence-electron chi connectivity index (χ0n) is 15.9. The first-order chi connectivity index (χ1) is 13.7. The Bertz CT molecular complexity index is 1040. The molecule has 0 radical (unpaired) electrons. The number of nitrogen functional groups attached to an aromatic ring is 1. The number of thioether (sulfide) groups is 1. The Morgan fingerprint density at radius 3 is 2.66 bits per heavy atom. The number of benzene rings is 1. The van der Waals surface area contributed by atoms with Gasteiger partial charge in [-0.15, -0.1) is 22.7 Å². The van der Waals surface area contributed by atoms with E-state index in [-0.39, 0.29) is 16.5 Å². The lowest BCUT2D eigenvalue weighted by molar-refractivity contribution is -0.160. The number of rotatable bonds is 6. The number of hydrogen-bond acceptors (Lipinski definition) is 11. The van der Waals surface area contributed by atoms with Crippen molar-refractivity contribution in [2.75, 3.05) is 12.3 Å². The lowest BCUT2D eigenvalue weighted by Gasteiger charge is -2.18. The van der Waals surface area contributed by atoms with Gasteiger partial charge in [0.15, 0.2) is 15.2 Å². The molecule has 0 spiro atoms. The second-order valence-corrected chi connectivity index (χ2v) is 9.85. The van der Waals surface area contributed by atoms with Crippen LogP contribution in [0, 0.1) is 0 Å². The molecule has 0 aliphatic heterocycles. The van der Waals surface area contributed by atoms with Crippen LogP contribution in [-0.2, 0) is 19.2 Å². The summed E-state index contributed by atoms with van der Waals surface area (Å²) in [7, 11) is 0. The number of oxime groups is 1. The summed E-state index contributed by atoms with van der Waals surface area (Å²) in [6.45, 7) is 4.81. The van der Waals surface area contributed by atoms with Crippen molar-refractivity contribution in [1.82, 2.24) is 9.97 Å². The number of nitrogens with zero attached hydrogens (tertiary/aromatic N) is 3. The molecule has 0 aliphatic carbocycles. The minimum atomic E-state index is -0.644. The van der Waals surface area contributed by atoms with Crippen LogP contribution in [0.3, 0.4) is 0 Å². The number of nitrogens with two attached hydrogens (primary N) is 1. The van der Waals surface area contributed by atoms with Crippen molar-refractivity contribution in [3.8, 4) is 0 Å². The number of anilines is 1. The van der Waals surface area contributed by atoms with Gasteiger partial charge in [-0.25, -0.2) is 14.8 Å². The second kappa shape index (κ2) is 8.89. The molecule has 0 aliphatic rings. The van der Waals surface area contributed by atoms with Gasteiger partial charge in [-0.05, 0) is 44.7 Å². The van der Waals surface area contributed by atoms with Crippen LogP contribution in [0.4, 0.5) is 5.13 Å². The highest BCUT2D eigenvalue weighted by molar-refractivity contribution is 8.16. The number of carbonyl (C=O) groups excluding carboxylic acids is 2. The van der Waals surface area contributed by atoms with Gasteiger partial charge < -0.3 is 15.3 Å². The first-order valence-corrected chi connectivity index (χ1v) is 10.9. The van der Waals surface area contributed by atoms with Crippen LogP contribution in [0.25, 0.3) is 10.2 Å². The summed E-state index contributed by atoms with van der Waals surface area (Å²) >= 11 is 3.48. The molecule has 2 heterocycles. The third-order valence-electron chi connectivity index (χ3n) is 3.17. The molecule has 0 fully saturated rings. The molecule has 11 heteroatoms. The third kappa shape index (κ3) is 5.99. The van der Waals surface area contributed by atoms with Crippen molar-refractivity contribution in [1.29, 1.82) is 0 Å². The molecule has 3 aromatic rings. The molecule has 0 atom stereocenters. The van der Waals surface area contributed by atoms with Crippen LogP contribution in [0.5, 0.6) is 0 Å². The Morgan fingerprint density at radius 1 is 1.24 bits per heavy atom. The SMILES string of the molecule is CC(C)(C)OC(=O)CO/N=C(/C(=O)Sc1nc2ccccc2s1)c1csc(N)n1. The molecule has 29 heavy (non-hydrogen) atoms. The minimum Gasteiger partial charge on any atom is -0.457 e. The standard InChI is InChI=1S/C18H18N4O4S3/c1-18(2,3)26-13(23)8-25-22-14(11-9-27-16(19)20-11)15(24)29-17-21-10-6-4-5-7-12(10)28-17/h4-7,9H,8H2,1-3H3,(H2,19,20)/b22-14+. The van der Waals surface area contributed by atoms with E-state index in [0.29, 0.717) is 4.34 Å². The fraction of sp³-hybridized carbons (Fsp3) is 0.278. The average molecular weight is 451 g/mol. The largest absolute Gasteiger partial charge is 0.457 e. The average Bonchev–Trinajstić information content (AvgIpc) is 3.22. The van der Waals surface area contributed by atoms with Crippen molar-refractivity contribution in [2.24, 2.45) is 5.16 Å². The summed E-state index contributed by atoms with van der Waals surface area (Å²) in [4.78, 5) is 38.2. The Hall–Kier alpha value is -2.50. The van der Waals surface area contributed by atoms with E-state index in [1.54, 1.807) is 26.2 Å². The summed E-state index contributed by atoms with van der Waals surface area (Å²) in [5.41, 5.74) is 6.07. The molecule has 3 rings (SSSR count). The van der Waals surface area contributed by atoms with Gasteiger partial charge in [0.2, 0.25) is 11.7 Å². The molecule has 152 valence electrons. The van der Waals surface area contributed by atoms with Gasteiger partial charge in [0.05, 0.1) is 10.2 Å². The number of hydrogen-bond donors (Lipinski definition) is 1. The van der Waals surface area contributed by atoms with E-state index in [1.165, 1.54) is 22.7 Å². The maximum Gasteiger partial charge on any atom is 0.347 e. The first-order valence-electron chi connectivity index (χ1n) is 8.42. The van der Waals surface area contributed by atoms with Crippen molar-refractivity contribution in [3.63, 3.8) is 0 Å². The summed E-state index contributed by atoms with van der Waals surface area (Å²) < 4.78 is 6.70. The molecule has 0 amide bonds. The van der Waals surface area contributed by atoms with E-state index < -0.39 is 23.3 Å². The van der Waals surface area contributed by atoms with E-state index >= 15 is 0 Å². The van der Waals surface area contributed by atoms with Gasteiger partial charge in [-0.2, -0.15) is 0 Å². The lowest BCUT2D eigenvalue weighted by atomic mass is 10.2. The maximum absolute atomic E-state index is 12.8. The van der Waals surface area contributed by atoms with E-state index in [9.17, 15) is 9.59 Å². The van der Waals surface area contributed by atoms with Crippen LogP contribution < -0.4 is 5.73 Å². The molecule has 0 unspecified atom stereocenters. The number of aromatic nitrogens is 2. The highest BCUT2D eigenvalue weighted by Gasteiger charge is 2.22. The summed E-state index contributed by atoms with van der Waals surface area (Å²) in [6, 6.07) is 7.60. The van der Waals surface area contributed by atoms with E-state index in [4.69, 9.17) is 15.3 Å². The van der Waals surface area contributed by atoms with Crippen molar-refractivity contribution < 1.29 is 19.2 Å². The van der Waals surface area contributed by atoms with Crippen LogP contribution >= 0.6 is 34.4 Å². The Balaban J connectivity index is 1.75. The van der Waals surface area contributed by atoms with E-state index in [0.717, 1.165) is 22.0 Å². The lowest BCUT2D eigenvalue weighted by Crippen LogP contribution is -2.26. The number of carbonyl (C=O) groups is 2. The van der Waals surface area contributed by atoms with Gasteiger partial charge in [-0.1, -0.05) is 17.3 Å². The van der Waals surface area contributed by atoms with Gasteiger partial charge in [0.25, 0.3) is 0 Å². The Kier molecular flexibility index (Phi) is 6.50. The molecular weight excluding hydrogens is 432 g/mol. The predicted molar refractivity (Wildman–Crippen MR) is 115 cm³/mol. The van der Waals surface area contributed by atoms with Crippen LogP contribution in [0.1, 0.15) is 26.5 Å². The second-order valence-electron chi connectivity index (χ2n) is 6.71. The number of ether oxygens (including phenoxy) is 1. The predicted octanol–water partition coefficient (Wildman–Crippen LogP) is 3.72. The molecule has 2 aromatic heterocycles. The molecular formula is C18H18N4O4S3. The summed E-state index contributed by atoms with van der Waals surface area (Å²) in [5.74, 6) is -0.593. The van der Waals surface area contributed by atoms with Crippen molar-refractivity contribution in [2.45, 2.75) is 30.7 Å². The van der Waals surface area contributed by atoms with E-state index in [1.807, 2.05) is 24.3 Å². The topological polar surface area (TPSA) is 117 Å². The number of fused-ring (bicyclic) bond motifs is 1. The molecule has 8 nitrogen and oxygen atoms in total. The number of esters is 1. The van der Waals surface area contributed by atoms with Gasteiger partial charge in [0, 0.05) is 5.38 Å². The fourth-order valence-electron chi connectivity index (χ4n) is 2.13. The fourth-order valence-corrected chi connectivity index (χ4v) is 4.58. The summed E-state index contributed by atoms with van der Waals surface area (Å²) in [6.07, 6.45) is 0. The van der Waals surface area contributed by atoms with E-state index in [2.05, 4.69) is 15.1 Å². The third-order valence-corrected chi connectivity index (χ3v) is 5.82. The van der Waals surface area contributed by atoms with Crippen LogP contribution in [0.2, 0.25) is 0 Å². The van der Waals surface area contributed by atoms with Gasteiger partial charge >= 0.3 is 5.97 Å². The smallest absolute Gasteiger partial charge is 0.347 e. The molecule has 2 N–H and O–H groups in total. The molecule has 1 aromatic carbocycles. The highest BCUT2D eigenvalue weighted by Crippen LogP contribution is 2.30. The normalized spacial score (nSPS) is 12.2. The zero-order chi connectivity index (χ0) is 21.0. The van der Waals surface area contributed by atoms with Crippen LogP contribution in [0.15, 0.2) is 39.1 Å². The molecule has 0 saturated heterocycles. The highest BCUT2D eigenvalue weighted by atomic mass is 32.2. The van der Waals surface area contributed by atoms with Crippen molar-refractivity contribution in [3.05, 3.63) is 35.3 Å². The van der Waals surface area contributed by atoms with Gasteiger partial charge in [0.1, 0.15) is 11.3 Å². The maximum atomic E-state index is 12.8. The quantitative estimate of drug-likeness (QED) is 0.261. The van der Waals surface area contributed by atoms with Crippen molar-refractivity contribution >= 4 is 66.6 Å². The molecule has 0 bridgehead atoms. The first kappa shape index (κ1) is 21.2. The van der Waals surface area contributed by atoms with Gasteiger partial charge in [-0.3, -0.25) is 4.79 Å². The zero-order valence-corrected chi connectivity index (χ0v) is 18.3. The number of thiazole rings is 2. The van der Waals surface area contributed by atoms with Crippen LogP contribution in [-0.4, -0.2) is 39.0 Å². The number of para-hydroxylation sites is 1. The Morgan fingerprint density at radius 2 is 2.00 bits per heavy atom. The summed E-state index contributed by atoms with van der Waals surface area (Å²) in [5, 5.41) is 5.31. The monoisotopic (exact) mass is 450 g/mol.